The van der Waals surface area contributed by atoms with E-state index in [9.17, 15) is 4.39 Å². The number of alkyl halides is 1. The van der Waals surface area contributed by atoms with Gasteiger partial charge in [0.1, 0.15) is 5.82 Å². The lowest BCUT2D eigenvalue weighted by molar-refractivity contribution is 0.165. The molecule has 0 spiro atoms. The van der Waals surface area contributed by atoms with Crippen LogP contribution in [0, 0.1) is 11.7 Å². The average molecular weight is 335 g/mol. The van der Waals surface area contributed by atoms with Gasteiger partial charge in [-0.05, 0) is 49.4 Å². The summed E-state index contributed by atoms with van der Waals surface area (Å²) in [7, 11) is 0. The second kappa shape index (κ2) is 6.88. The number of rotatable bonds is 4. The first kappa shape index (κ1) is 14.3. The summed E-state index contributed by atoms with van der Waals surface area (Å²) in [4.78, 5) is 2.42. The molecule has 1 aliphatic heterocycles. The summed E-state index contributed by atoms with van der Waals surface area (Å²) < 4.78 is 13.4. The molecule has 0 bridgehead atoms. The van der Waals surface area contributed by atoms with E-state index < -0.39 is 0 Å². The fourth-order valence-electron chi connectivity index (χ4n) is 2.58. The maximum Gasteiger partial charge on any atom is 0.142 e. The molecule has 4 heteroatoms. The van der Waals surface area contributed by atoms with Gasteiger partial charge in [0.05, 0.1) is 5.02 Å². The van der Waals surface area contributed by atoms with Gasteiger partial charge in [-0.15, -0.1) is 0 Å². The van der Waals surface area contributed by atoms with E-state index >= 15 is 0 Å². The van der Waals surface area contributed by atoms with Gasteiger partial charge in [-0.2, -0.15) is 0 Å². The SMILES string of the molecule is Fc1cc(CN2CCCC(CCBr)C2)ccc1Cl. The van der Waals surface area contributed by atoms with Crippen LogP contribution < -0.4 is 0 Å². The van der Waals surface area contributed by atoms with E-state index in [1.165, 1.54) is 19.3 Å². The van der Waals surface area contributed by atoms with E-state index in [2.05, 4.69) is 20.8 Å². The minimum Gasteiger partial charge on any atom is -0.299 e. The molecule has 0 saturated carbocycles. The number of piperidine rings is 1. The van der Waals surface area contributed by atoms with Gasteiger partial charge in [0.25, 0.3) is 0 Å². The molecule has 1 unspecified atom stereocenters. The van der Waals surface area contributed by atoms with Gasteiger partial charge in [0.2, 0.25) is 0 Å². The molecule has 0 aromatic heterocycles. The lowest BCUT2D eigenvalue weighted by Crippen LogP contribution is -2.35. The molecule has 1 nitrogen and oxygen atoms in total. The van der Waals surface area contributed by atoms with Crippen molar-refractivity contribution in [1.82, 2.24) is 4.90 Å². The van der Waals surface area contributed by atoms with Gasteiger partial charge >= 0.3 is 0 Å². The summed E-state index contributed by atoms with van der Waals surface area (Å²) >= 11 is 9.20. The molecule has 100 valence electrons. The van der Waals surface area contributed by atoms with Crippen molar-refractivity contribution in [2.45, 2.75) is 25.8 Å². The Morgan fingerprint density at radius 1 is 1.44 bits per heavy atom. The zero-order valence-corrected chi connectivity index (χ0v) is 12.7. The van der Waals surface area contributed by atoms with E-state index in [4.69, 9.17) is 11.6 Å². The lowest BCUT2D eigenvalue weighted by Gasteiger charge is -2.32. The monoisotopic (exact) mass is 333 g/mol. The van der Waals surface area contributed by atoms with Crippen molar-refractivity contribution in [3.8, 4) is 0 Å². The van der Waals surface area contributed by atoms with Gasteiger partial charge in [-0.1, -0.05) is 33.6 Å². The quantitative estimate of drug-likeness (QED) is 0.734. The minimum absolute atomic E-state index is 0.203. The van der Waals surface area contributed by atoms with Crippen LogP contribution in [0.2, 0.25) is 5.02 Å². The molecule has 0 radical (unpaired) electrons. The first-order valence-electron chi connectivity index (χ1n) is 6.41. The molecule has 1 aromatic rings. The molecular formula is C14H18BrClFN. The number of benzene rings is 1. The summed E-state index contributed by atoms with van der Waals surface area (Å²) in [5.74, 6) is 0.457. The number of hydrogen-bond donors (Lipinski definition) is 0. The Morgan fingerprint density at radius 2 is 2.28 bits per heavy atom. The Labute approximate surface area is 121 Å². The van der Waals surface area contributed by atoms with Crippen molar-refractivity contribution in [2.24, 2.45) is 5.92 Å². The Hall–Kier alpha value is -0.120. The second-order valence-electron chi connectivity index (χ2n) is 4.97. The number of nitrogens with zero attached hydrogens (tertiary/aromatic N) is 1. The highest BCUT2D eigenvalue weighted by Gasteiger charge is 2.19. The minimum atomic E-state index is -0.316. The van der Waals surface area contributed by atoms with E-state index in [0.717, 1.165) is 36.4 Å². The molecule has 1 aliphatic rings. The number of halogens is 3. The molecule has 1 heterocycles. The van der Waals surface area contributed by atoms with Crippen LogP contribution in [0.15, 0.2) is 18.2 Å². The Morgan fingerprint density at radius 3 is 3.00 bits per heavy atom. The second-order valence-corrected chi connectivity index (χ2v) is 6.17. The molecule has 1 saturated heterocycles. The third-order valence-corrected chi connectivity index (χ3v) is 4.28. The zero-order chi connectivity index (χ0) is 13.0. The summed E-state index contributed by atoms with van der Waals surface area (Å²) in [6.07, 6.45) is 3.79. The van der Waals surface area contributed by atoms with Crippen LogP contribution in [-0.4, -0.2) is 23.3 Å². The van der Waals surface area contributed by atoms with Gasteiger partial charge in [-0.3, -0.25) is 4.90 Å². The van der Waals surface area contributed by atoms with Crippen molar-refractivity contribution < 1.29 is 4.39 Å². The first-order valence-corrected chi connectivity index (χ1v) is 7.91. The highest BCUT2D eigenvalue weighted by molar-refractivity contribution is 9.09. The normalized spacial score (nSPS) is 21.2. The van der Waals surface area contributed by atoms with Crippen molar-refractivity contribution >= 4 is 27.5 Å². The maximum atomic E-state index is 13.4. The number of hydrogen-bond acceptors (Lipinski definition) is 1. The molecule has 0 aliphatic carbocycles. The largest absolute Gasteiger partial charge is 0.299 e. The zero-order valence-electron chi connectivity index (χ0n) is 10.3. The molecule has 0 N–H and O–H groups in total. The van der Waals surface area contributed by atoms with E-state index in [-0.39, 0.29) is 10.8 Å². The van der Waals surface area contributed by atoms with Crippen LogP contribution in [0.4, 0.5) is 4.39 Å². The van der Waals surface area contributed by atoms with E-state index in [0.29, 0.717) is 0 Å². The molecular weight excluding hydrogens is 317 g/mol. The topological polar surface area (TPSA) is 3.24 Å². The molecule has 2 rings (SSSR count). The molecule has 1 aromatic carbocycles. The van der Waals surface area contributed by atoms with Crippen LogP contribution in [0.25, 0.3) is 0 Å². The van der Waals surface area contributed by atoms with E-state index in [1.54, 1.807) is 12.1 Å². The van der Waals surface area contributed by atoms with Gasteiger partial charge in [-0.25, -0.2) is 4.39 Å². The van der Waals surface area contributed by atoms with Gasteiger partial charge < -0.3 is 0 Å². The van der Waals surface area contributed by atoms with Crippen molar-refractivity contribution in [1.29, 1.82) is 0 Å². The third-order valence-electron chi connectivity index (χ3n) is 3.51. The molecule has 1 atom stereocenters. The van der Waals surface area contributed by atoms with Crippen LogP contribution >= 0.6 is 27.5 Å². The fourth-order valence-corrected chi connectivity index (χ4v) is 3.35. The highest BCUT2D eigenvalue weighted by Crippen LogP contribution is 2.23. The Balaban J connectivity index is 1.93. The van der Waals surface area contributed by atoms with Crippen molar-refractivity contribution in [2.75, 3.05) is 18.4 Å². The smallest absolute Gasteiger partial charge is 0.142 e. The molecule has 0 amide bonds. The van der Waals surface area contributed by atoms with Crippen LogP contribution in [0.3, 0.4) is 0 Å². The predicted molar refractivity (Wildman–Crippen MR) is 77.8 cm³/mol. The predicted octanol–water partition coefficient (Wildman–Crippen LogP) is 4.48. The van der Waals surface area contributed by atoms with Gasteiger partial charge in [0.15, 0.2) is 0 Å². The number of likely N-dealkylation sites (tertiary alicyclic amines) is 1. The van der Waals surface area contributed by atoms with Crippen molar-refractivity contribution in [3.05, 3.63) is 34.6 Å². The van der Waals surface area contributed by atoms with Crippen LogP contribution in [0.5, 0.6) is 0 Å². The Kier molecular flexibility index (Phi) is 5.46. The summed E-state index contributed by atoms with van der Waals surface area (Å²) in [6.45, 7) is 3.06. The third kappa shape index (κ3) is 3.94. The van der Waals surface area contributed by atoms with Crippen LogP contribution in [0.1, 0.15) is 24.8 Å². The maximum absolute atomic E-state index is 13.4. The van der Waals surface area contributed by atoms with E-state index in [1.807, 2.05) is 6.07 Å². The summed E-state index contributed by atoms with van der Waals surface area (Å²) in [5, 5.41) is 1.27. The standard InChI is InChI=1S/C14H18BrClFN/c15-6-5-11-2-1-7-18(9-11)10-12-3-4-13(16)14(17)8-12/h3-4,8,11H,1-2,5-7,9-10H2. The van der Waals surface area contributed by atoms with Gasteiger partial charge in [0, 0.05) is 18.4 Å². The lowest BCUT2D eigenvalue weighted by atomic mass is 9.95. The molecule has 18 heavy (non-hydrogen) atoms. The Bertz CT molecular complexity index is 397. The fraction of sp³-hybridized carbons (Fsp3) is 0.571. The van der Waals surface area contributed by atoms with Crippen LogP contribution in [-0.2, 0) is 6.54 Å². The highest BCUT2D eigenvalue weighted by atomic mass is 79.9. The summed E-state index contributed by atoms with van der Waals surface area (Å²) in [5.41, 5.74) is 1.01. The first-order chi connectivity index (χ1) is 8.69. The molecule has 1 fully saturated rings. The summed E-state index contributed by atoms with van der Waals surface area (Å²) in [6, 6.07) is 5.11. The average Bonchev–Trinajstić information content (AvgIpc) is 2.35. The van der Waals surface area contributed by atoms with Crippen molar-refractivity contribution in [3.63, 3.8) is 0 Å².